The number of carbonyl (C=O) groups excluding carboxylic acids is 3. The number of aldehydes is 1. The van der Waals surface area contributed by atoms with Crippen LogP contribution in [0.25, 0.3) is 11.1 Å². The summed E-state index contributed by atoms with van der Waals surface area (Å²) in [5.41, 5.74) is 4.79. The molecule has 212 valence electrons. The van der Waals surface area contributed by atoms with E-state index in [1.807, 2.05) is 48.5 Å². The highest BCUT2D eigenvalue weighted by Gasteiger charge is 2.28. The average molecular weight is 720 g/mol. The Hall–Kier alpha value is -2.76. The van der Waals surface area contributed by atoms with Crippen LogP contribution in [0.4, 0.5) is 16.2 Å². The summed E-state index contributed by atoms with van der Waals surface area (Å²) < 4.78 is 7.39. The summed E-state index contributed by atoms with van der Waals surface area (Å²) in [6.07, 6.45) is 3.60. The molecule has 1 fully saturated rings. The minimum absolute atomic E-state index is 0. The molecule has 0 bridgehead atoms. The van der Waals surface area contributed by atoms with Crippen LogP contribution in [0.3, 0.4) is 0 Å². The van der Waals surface area contributed by atoms with Crippen LogP contribution in [0, 0.1) is 0 Å². The maximum atomic E-state index is 12.9. The molecule has 1 aliphatic heterocycles. The quantitative estimate of drug-likeness (QED) is 0.201. The zero-order chi connectivity index (χ0) is 27.8. The summed E-state index contributed by atoms with van der Waals surface area (Å²) in [5.74, 6) is -0.105. The smallest absolute Gasteiger partial charge is 0.411 e. The van der Waals surface area contributed by atoms with Crippen LogP contribution in [0.1, 0.15) is 41.6 Å². The third-order valence-corrected chi connectivity index (χ3v) is 7.72. The van der Waals surface area contributed by atoms with Gasteiger partial charge in [-0.2, -0.15) is 0 Å². The van der Waals surface area contributed by atoms with E-state index >= 15 is 0 Å². The van der Waals surface area contributed by atoms with Crippen molar-refractivity contribution < 1.29 is 47.6 Å². The van der Waals surface area contributed by atoms with Crippen molar-refractivity contribution in [1.29, 1.82) is 0 Å². The highest BCUT2D eigenvalue weighted by molar-refractivity contribution is 9.10. The topological polar surface area (TPSA) is 84.5 Å². The lowest BCUT2D eigenvalue weighted by Gasteiger charge is -2.36. The molecule has 3 aromatic carbocycles. The number of aryl methyl sites for hydroxylation is 1. The van der Waals surface area contributed by atoms with Crippen molar-refractivity contribution in [2.24, 2.45) is 0 Å². The second-order valence-electron chi connectivity index (χ2n) is 10.6. The summed E-state index contributed by atoms with van der Waals surface area (Å²) in [4.78, 5) is 36.3. The van der Waals surface area contributed by atoms with Gasteiger partial charge in [0.1, 0.15) is 12.4 Å². The van der Waals surface area contributed by atoms with Gasteiger partial charge >= 0.3 is 6.09 Å². The highest BCUT2D eigenvalue weighted by Crippen LogP contribution is 2.30. The van der Waals surface area contributed by atoms with E-state index in [0.29, 0.717) is 40.7 Å². The van der Waals surface area contributed by atoms with Gasteiger partial charge in [0.05, 0.1) is 38.6 Å². The molecule has 0 unspecified atom stereocenters. The molecule has 2 N–H and O–H groups in total. The summed E-state index contributed by atoms with van der Waals surface area (Å²) in [7, 11) is 4.39. The second kappa shape index (κ2) is 14.7. The molecule has 40 heavy (non-hydrogen) atoms. The Morgan fingerprint density at radius 2 is 1.70 bits per heavy atom. The number of halogens is 2. The van der Waals surface area contributed by atoms with Crippen molar-refractivity contribution in [3.8, 4) is 11.1 Å². The molecule has 1 aliphatic rings. The Labute approximate surface area is 261 Å². The molecule has 1 heterocycles. The standard InChI is InChI=1S/C31H34BrN3O4.HI/c1-35(2)17-15-25(16-18-35)39-31(38)34-29-20-22(11-13-26(29)24-8-4-3-5-9-24)7-6-10-30(37)33-28-14-12-23(21-36)19-27(28)32;/h3-5,8-9,11-14,19-21,25H,6-7,10,15-18H2,1-2H3,(H-,33,34,36,37,38);1H. The van der Waals surface area contributed by atoms with Crippen molar-refractivity contribution in [3.63, 3.8) is 0 Å². The Balaban J connectivity index is 0.00000441. The number of hydrogen-bond acceptors (Lipinski definition) is 4. The van der Waals surface area contributed by atoms with Crippen LogP contribution in [0.5, 0.6) is 0 Å². The lowest BCUT2D eigenvalue weighted by molar-refractivity contribution is -0.896. The Morgan fingerprint density at radius 3 is 2.38 bits per heavy atom. The number of carbonyl (C=O) groups is 3. The van der Waals surface area contributed by atoms with Crippen LogP contribution in [-0.4, -0.2) is 56.1 Å². The fourth-order valence-electron chi connectivity index (χ4n) is 4.74. The Morgan fingerprint density at radius 1 is 0.975 bits per heavy atom. The van der Waals surface area contributed by atoms with Gasteiger partial charge in [0, 0.05) is 34.9 Å². The van der Waals surface area contributed by atoms with Crippen LogP contribution in [-0.2, 0) is 16.0 Å². The van der Waals surface area contributed by atoms with E-state index in [-0.39, 0.29) is 36.0 Å². The monoisotopic (exact) mass is 719 g/mol. The number of amides is 2. The minimum Gasteiger partial charge on any atom is -1.00 e. The molecule has 3 aromatic rings. The first-order valence-corrected chi connectivity index (χ1v) is 14.0. The molecule has 1 saturated heterocycles. The Kier molecular flexibility index (Phi) is 11.7. The molecule has 9 heteroatoms. The number of likely N-dealkylation sites (tertiary alicyclic amines) is 1. The zero-order valence-electron chi connectivity index (χ0n) is 22.8. The molecule has 0 aromatic heterocycles. The van der Waals surface area contributed by atoms with E-state index in [1.54, 1.807) is 18.2 Å². The number of piperidine rings is 1. The average Bonchev–Trinajstić information content (AvgIpc) is 2.91. The third kappa shape index (κ3) is 9.14. The number of rotatable bonds is 9. The van der Waals surface area contributed by atoms with E-state index in [2.05, 4.69) is 40.7 Å². The summed E-state index contributed by atoms with van der Waals surface area (Å²) >= 11 is 3.39. The van der Waals surface area contributed by atoms with Crippen molar-refractivity contribution >= 4 is 45.6 Å². The lowest BCUT2D eigenvalue weighted by atomic mass is 9.99. The van der Waals surface area contributed by atoms with Gasteiger partial charge in [-0.25, -0.2) is 4.79 Å². The number of nitrogens with zero attached hydrogens (tertiary/aromatic N) is 1. The lowest BCUT2D eigenvalue weighted by Crippen LogP contribution is -3.00. The number of anilines is 2. The van der Waals surface area contributed by atoms with Crippen molar-refractivity contribution in [1.82, 2.24) is 0 Å². The van der Waals surface area contributed by atoms with Crippen molar-refractivity contribution in [2.45, 2.75) is 38.2 Å². The summed E-state index contributed by atoms with van der Waals surface area (Å²) in [6.45, 7) is 1.97. The fraction of sp³-hybridized carbons (Fsp3) is 0.323. The van der Waals surface area contributed by atoms with E-state index < -0.39 is 6.09 Å². The normalized spacial score (nSPS) is 14.5. The minimum atomic E-state index is -0.438. The fourth-order valence-corrected chi connectivity index (χ4v) is 5.24. The van der Waals surface area contributed by atoms with Crippen molar-refractivity contribution in [2.75, 3.05) is 37.8 Å². The van der Waals surface area contributed by atoms with Gasteiger partial charge in [0.25, 0.3) is 0 Å². The molecule has 2 amide bonds. The molecule has 0 radical (unpaired) electrons. The highest BCUT2D eigenvalue weighted by atomic mass is 127. The number of benzene rings is 3. The maximum absolute atomic E-state index is 12.9. The predicted molar refractivity (Wildman–Crippen MR) is 158 cm³/mol. The molecule has 0 aliphatic carbocycles. The Bertz CT molecular complexity index is 1320. The van der Waals surface area contributed by atoms with E-state index in [1.165, 1.54) is 0 Å². The van der Waals surface area contributed by atoms with E-state index in [9.17, 15) is 14.4 Å². The zero-order valence-corrected chi connectivity index (χ0v) is 26.5. The first-order valence-electron chi connectivity index (χ1n) is 13.2. The number of nitrogens with one attached hydrogen (secondary N) is 2. The van der Waals surface area contributed by atoms with Crippen LogP contribution < -0.4 is 34.6 Å². The molecule has 4 rings (SSSR count). The first kappa shape index (κ1) is 31.8. The van der Waals surface area contributed by atoms with Gasteiger partial charge in [-0.15, -0.1) is 0 Å². The molecular weight excluding hydrogens is 685 g/mol. The van der Waals surface area contributed by atoms with Crippen LogP contribution in [0.2, 0.25) is 0 Å². The second-order valence-corrected chi connectivity index (χ2v) is 11.5. The van der Waals surface area contributed by atoms with Gasteiger partial charge in [0.15, 0.2) is 0 Å². The van der Waals surface area contributed by atoms with Crippen LogP contribution in [0.15, 0.2) is 71.2 Å². The van der Waals surface area contributed by atoms with E-state index in [0.717, 1.165) is 53.4 Å². The van der Waals surface area contributed by atoms with Gasteiger partial charge in [-0.1, -0.05) is 42.5 Å². The molecule has 7 nitrogen and oxygen atoms in total. The van der Waals surface area contributed by atoms with Crippen LogP contribution >= 0.6 is 15.9 Å². The largest absolute Gasteiger partial charge is 1.00 e. The van der Waals surface area contributed by atoms with Gasteiger partial charge < -0.3 is 38.5 Å². The number of hydrogen-bond donors (Lipinski definition) is 2. The molecule has 0 spiro atoms. The third-order valence-electron chi connectivity index (χ3n) is 7.06. The summed E-state index contributed by atoms with van der Waals surface area (Å²) in [6, 6.07) is 21.0. The van der Waals surface area contributed by atoms with Gasteiger partial charge in [-0.05, 0) is 64.2 Å². The summed E-state index contributed by atoms with van der Waals surface area (Å²) in [5, 5.41) is 5.87. The predicted octanol–water partition coefficient (Wildman–Crippen LogP) is 3.68. The van der Waals surface area contributed by atoms with Gasteiger partial charge in [0.2, 0.25) is 5.91 Å². The maximum Gasteiger partial charge on any atom is 0.411 e. The van der Waals surface area contributed by atoms with Gasteiger partial charge in [-0.3, -0.25) is 14.9 Å². The number of ether oxygens (including phenoxy) is 1. The molecular formula is C31H35BrIN3O4. The van der Waals surface area contributed by atoms with Crippen molar-refractivity contribution in [3.05, 3.63) is 82.3 Å². The molecule has 0 atom stereocenters. The number of quaternary nitrogens is 1. The molecule has 0 saturated carbocycles. The SMILES string of the molecule is C[N+]1(C)CCC(OC(=O)Nc2cc(CCCC(=O)Nc3ccc(C=O)cc3Br)ccc2-c2ccccc2)CC1.[I-]. The van der Waals surface area contributed by atoms with E-state index in [4.69, 9.17) is 4.74 Å². The first-order chi connectivity index (χ1) is 18.7.